The number of rotatable bonds is 7. The molecule has 1 aromatic heterocycles. The molecule has 0 radical (unpaired) electrons. The van der Waals surface area contributed by atoms with Crippen LogP contribution in [-0.2, 0) is 6.42 Å². The number of aromatic hydroxyl groups is 2. The maximum Gasteiger partial charge on any atom is 0.119 e. The number of thiophene rings is 1. The number of phenols is 2. The van der Waals surface area contributed by atoms with E-state index >= 15 is 0 Å². The van der Waals surface area contributed by atoms with Crippen molar-refractivity contribution in [2.45, 2.75) is 6.42 Å². The first-order chi connectivity index (χ1) is 14.5. The van der Waals surface area contributed by atoms with Gasteiger partial charge in [0.15, 0.2) is 0 Å². The van der Waals surface area contributed by atoms with Gasteiger partial charge in [0.05, 0.1) is 0 Å². The molecule has 2 N–H and O–H groups in total. The van der Waals surface area contributed by atoms with Crippen LogP contribution in [0.2, 0.25) is 0 Å². The minimum Gasteiger partial charge on any atom is -0.508 e. The second-order valence-electron chi connectivity index (χ2n) is 7.61. The zero-order valence-corrected chi connectivity index (χ0v) is 17.9. The molecule has 0 unspecified atom stereocenters. The third kappa shape index (κ3) is 4.58. The molecule has 4 nitrogen and oxygen atoms in total. The number of benzene rings is 3. The Hall–Kier alpha value is -3.02. The zero-order chi connectivity index (χ0) is 21.1. The number of nitrogens with zero attached hydrogens (tertiary/aromatic N) is 1. The van der Waals surface area contributed by atoms with Gasteiger partial charge in [-0.1, -0.05) is 12.1 Å². The van der Waals surface area contributed by atoms with E-state index in [1.165, 1.54) is 11.1 Å². The number of ether oxygens (including phenoxy) is 1. The first kappa shape index (κ1) is 20.3. The predicted molar refractivity (Wildman–Crippen MR) is 124 cm³/mol. The Morgan fingerprint density at radius 3 is 2.27 bits per heavy atom. The maximum absolute atomic E-state index is 9.92. The normalized spacial score (nSPS) is 11.3. The summed E-state index contributed by atoms with van der Waals surface area (Å²) < 4.78 is 6.86. The van der Waals surface area contributed by atoms with Gasteiger partial charge >= 0.3 is 0 Å². The third-order valence-electron chi connectivity index (χ3n) is 5.02. The van der Waals surface area contributed by atoms with Crippen LogP contribution >= 0.6 is 11.3 Å². The van der Waals surface area contributed by atoms with Crippen LogP contribution in [0.1, 0.15) is 11.1 Å². The van der Waals surface area contributed by atoms with Crippen LogP contribution in [-0.4, -0.2) is 42.4 Å². The van der Waals surface area contributed by atoms with Crippen LogP contribution in [0.25, 0.3) is 20.5 Å². The predicted octanol–water partition coefficient (Wildman–Crippen LogP) is 5.51. The molecule has 0 spiro atoms. The molecule has 5 heteroatoms. The molecular formula is C25H25NO3S. The molecular weight excluding hydrogens is 394 g/mol. The molecule has 154 valence electrons. The van der Waals surface area contributed by atoms with Crippen molar-refractivity contribution in [3.63, 3.8) is 0 Å². The Labute approximate surface area is 180 Å². The highest BCUT2D eigenvalue weighted by Crippen LogP contribution is 2.41. The topological polar surface area (TPSA) is 52.9 Å². The lowest BCUT2D eigenvalue weighted by Gasteiger charge is -2.11. The fourth-order valence-corrected chi connectivity index (χ4v) is 4.67. The summed E-state index contributed by atoms with van der Waals surface area (Å²) >= 11 is 1.66. The average Bonchev–Trinajstić information content (AvgIpc) is 3.07. The molecule has 0 aliphatic rings. The number of hydrogen-bond acceptors (Lipinski definition) is 5. The van der Waals surface area contributed by atoms with Crippen molar-refractivity contribution in [1.82, 2.24) is 4.90 Å². The molecule has 3 aromatic carbocycles. The van der Waals surface area contributed by atoms with E-state index in [1.54, 1.807) is 29.5 Å². The van der Waals surface area contributed by atoms with Gasteiger partial charge in [-0.25, -0.2) is 0 Å². The number of fused-ring (bicyclic) bond motifs is 1. The lowest BCUT2D eigenvalue weighted by Crippen LogP contribution is -2.19. The van der Waals surface area contributed by atoms with Crippen molar-refractivity contribution in [2.75, 3.05) is 27.2 Å². The van der Waals surface area contributed by atoms with Crippen LogP contribution in [0.4, 0.5) is 0 Å². The minimum atomic E-state index is 0.254. The number of phenolic OH excluding ortho intramolecular Hbond substituents is 2. The Morgan fingerprint density at radius 2 is 1.57 bits per heavy atom. The van der Waals surface area contributed by atoms with Crippen LogP contribution < -0.4 is 4.74 Å². The first-order valence-corrected chi connectivity index (χ1v) is 10.7. The molecule has 0 amide bonds. The van der Waals surface area contributed by atoms with Gasteiger partial charge in [-0.05, 0) is 97.2 Å². The Kier molecular flexibility index (Phi) is 5.93. The van der Waals surface area contributed by atoms with E-state index in [1.807, 2.05) is 50.5 Å². The molecule has 4 aromatic rings. The first-order valence-electron chi connectivity index (χ1n) is 9.90. The van der Waals surface area contributed by atoms with Crippen molar-refractivity contribution in [3.8, 4) is 27.7 Å². The van der Waals surface area contributed by atoms with Crippen molar-refractivity contribution < 1.29 is 14.9 Å². The second-order valence-corrected chi connectivity index (χ2v) is 8.66. The van der Waals surface area contributed by atoms with Gasteiger partial charge in [-0.3, -0.25) is 0 Å². The summed E-state index contributed by atoms with van der Waals surface area (Å²) in [5.74, 6) is 1.40. The van der Waals surface area contributed by atoms with Crippen LogP contribution in [0, 0.1) is 0 Å². The minimum absolute atomic E-state index is 0.254. The second kappa shape index (κ2) is 8.78. The van der Waals surface area contributed by atoms with Gasteiger partial charge in [-0.2, -0.15) is 0 Å². The lowest BCUT2D eigenvalue weighted by atomic mass is 9.99. The SMILES string of the molecule is CN(C)CCOc1ccc(Cc2c(-c3ccc(O)cc3)sc3cc(O)ccc23)cc1. The van der Waals surface area contributed by atoms with E-state index in [-0.39, 0.29) is 11.5 Å². The number of hydrogen-bond donors (Lipinski definition) is 2. The molecule has 1 heterocycles. The lowest BCUT2D eigenvalue weighted by molar-refractivity contribution is 0.261. The van der Waals surface area contributed by atoms with E-state index in [4.69, 9.17) is 4.74 Å². The van der Waals surface area contributed by atoms with Crippen molar-refractivity contribution in [1.29, 1.82) is 0 Å². The van der Waals surface area contributed by atoms with Crippen LogP contribution in [0.15, 0.2) is 66.7 Å². The van der Waals surface area contributed by atoms with Crippen LogP contribution in [0.3, 0.4) is 0 Å². The summed E-state index contributed by atoms with van der Waals surface area (Å²) in [6, 6.07) is 21.1. The molecule has 0 aliphatic carbocycles. The average molecular weight is 420 g/mol. The molecule has 0 aliphatic heterocycles. The molecule has 0 saturated carbocycles. The standard InChI is InChI=1S/C25H25NO3S/c1-26(2)13-14-29-21-10-3-17(4-11-21)15-23-22-12-9-20(28)16-24(22)30-25(23)18-5-7-19(27)8-6-18/h3-12,16,27-28H,13-15H2,1-2H3. The zero-order valence-electron chi connectivity index (χ0n) is 17.1. The van der Waals surface area contributed by atoms with E-state index in [0.29, 0.717) is 6.61 Å². The highest BCUT2D eigenvalue weighted by molar-refractivity contribution is 7.22. The Bertz CT molecular complexity index is 1130. The van der Waals surface area contributed by atoms with E-state index in [0.717, 1.165) is 39.2 Å². The van der Waals surface area contributed by atoms with E-state index in [2.05, 4.69) is 17.0 Å². The fourth-order valence-electron chi connectivity index (χ4n) is 3.41. The van der Waals surface area contributed by atoms with Gasteiger partial charge in [0.1, 0.15) is 23.9 Å². The molecule has 0 saturated heterocycles. The molecule has 0 bridgehead atoms. The molecule has 4 rings (SSSR count). The van der Waals surface area contributed by atoms with E-state index < -0.39 is 0 Å². The monoisotopic (exact) mass is 419 g/mol. The molecule has 30 heavy (non-hydrogen) atoms. The van der Waals surface area contributed by atoms with Crippen molar-refractivity contribution in [2.24, 2.45) is 0 Å². The molecule has 0 atom stereocenters. The Balaban J connectivity index is 1.64. The summed E-state index contributed by atoms with van der Waals surface area (Å²) in [5, 5.41) is 20.7. The quantitative estimate of drug-likeness (QED) is 0.415. The summed E-state index contributed by atoms with van der Waals surface area (Å²) in [7, 11) is 4.06. The maximum atomic E-state index is 9.92. The fraction of sp³-hybridized carbons (Fsp3) is 0.200. The van der Waals surface area contributed by atoms with Crippen molar-refractivity contribution >= 4 is 21.4 Å². The summed E-state index contributed by atoms with van der Waals surface area (Å²) in [6.07, 6.45) is 0.777. The smallest absolute Gasteiger partial charge is 0.119 e. The van der Waals surface area contributed by atoms with Gasteiger partial charge < -0.3 is 19.8 Å². The number of likely N-dealkylation sites (N-methyl/N-ethyl adjacent to an activating group) is 1. The largest absolute Gasteiger partial charge is 0.508 e. The Morgan fingerprint density at radius 1 is 0.867 bits per heavy atom. The molecule has 0 fully saturated rings. The van der Waals surface area contributed by atoms with Gasteiger partial charge in [0.25, 0.3) is 0 Å². The van der Waals surface area contributed by atoms with Gasteiger partial charge in [0.2, 0.25) is 0 Å². The summed E-state index contributed by atoms with van der Waals surface area (Å²) in [4.78, 5) is 3.25. The van der Waals surface area contributed by atoms with Gasteiger partial charge in [0, 0.05) is 16.1 Å². The van der Waals surface area contributed by atoms with Gasteiger partial charge in [-0.15, -0.1) is 11.3 Å². The summed E-state index contributed by atoms with van der Waals surface area (Å²) in [6.45, 7) is 1.54. The highest BCUT2D eigenvalue weighted by Gasteiger charge is 2.15. The third-order valence-corrected chi connectivity index (χ3v) is 6.26. The van der Waals surface area contributed by atoms with E-state index in [9.17, 15) is 10.2 Å². The highest BCUT2D eigenvalue weighted by atomic mass is 32.1. The van der Waals surface area contributed by atoms with Crippen molar-refractivity contribution in [3.05, 3.63) is 77.9 Å². The summed E-state index contributed by atoms with van der Waals surface area (Å²) in [5.41, 5.74) is 3.48. The van der Waals surface area contributed by atoms with Crippen LogP contribution in [0.5, 0.6) is 17.2 Å².